The molecule has 6 nitrogen and oxygen atoms in total. The molecule has 0 bridgehead atoms. The number of carbonyl (C=O) groups excluding carboxylic acids is 1. The van der Waals surface area contributed by atoms with Crippen molar-refractivity contribution < 1.29 is 17.6 Å². The average molecular weight is 351 g/mol. The van der Waals surface area contributed by atoms with E-state index in [2.05, 4.69) is 10.4 Å². The first-order chi connectivity index (χ1) is 11.3. The van der Waals surface area contributed by atoms with Gasteiger partial charge in [0, 0.05) is 6.04 Å². The van der Waals surface area contributed by atoms with E-state index in [0.29, 0.717) is 29.1 Å². The third kappa shape index (κ3) is 3.19. The number of sulfone groups is 1. The smallest absolute Gasteiger partial charge is 0.255 e. The summed E-state index contributed by atoms with van der Waals surface area (Å²) < 4.78 is 37.7. The molecule has 1 aliphatic rings. The molecule has 1 aromatic carbocycles. The summed E-state index contributed by atoms with van der Waals surface area (Å²) in [6, 6.07) is 5.46. The van der Waals surface area contributed by atoms with E-state index in [4.69, 9.17) is 0 Å². The van der Waals surface area contributed by atoms with Gasteiger partial charge >= 0.3 is 0 Å². The van der Waals surface area contributed by atoms with Crippen LogP contribution in [0.3, 0.4) is 0 Å². The van der Waals surface area contributed by atoms with E-state index in [1.807, 2.05) is 0 Å². The topological polar surface area (TPSA) is 81.1 Å². The summed E-state index contributed by atoms with van der Waals surface area (Å²) >= 11 is 0. The Hall–Kier alpha value is -2.22. The van der Waals surface area contributed by atoms with Gasteiger partial charge in [0.05, 0.1) is 34.1 Å². The molecule has 24 heavy (non-hydrogen) atoms. The second-order valence-electron chi connectivity index (χ2n) is 6.01. The van der Waals surface area contributed by atoms with Crippen molar-refractivity contribution >= 4 is 15.7 Å². The van der Waals surface area contributed by atoms with E-state index in [-0.39, 0.29) is 29.3 Å². The highest BCUT2D eigenvalue weighted by atomic mass is 32.2. The lowest BCUT2D eigenvalue weighted by Gasteiger charge is -2.11. The van der Waals surface area contributed by atoms with Crippen molar-refractivity contribution in [3.05, 3.63) is 47.0 Å². The normalized spacial score (nSPS) is 19.4. The van der Waals surface area contributed by atoms with Crippen LogP contribution in [0, 0.1) is 19.7 Å². The van der Waals surface area contributed by atoms with Gasteiger partial charge in [-0.1, -0.05) is 0 Å². The monoisotopic (exact) mass is 351 g/mol. The van der Waals surface area contributed by atoms with Gasteiger partial charge in [0.1, 0.15) is 5.82 Å². The van der Waals surface area contributed by atoms with Crippen LogP contribution < -0.4 is 5.32 Å². The summed E-state index contributed by atoms with van der Waals surface area (Å²) in [7, 11) is -3.06. The molecule has 0 spiro atoms. The maximum absolute atomic E-state index is 13.1. The van der Waals surface area contributed by atoms with Gasteiger partial charge in [-0.15, -0.1) is 0 Å². The van der Waals surface area contributed by atoms with Crippen LogP contribution in [0.2, 0.25) is 0 Å². The average Bonchev–Trinajstić information content (AvgIpc) is 2.99. The Morgan fingerprint density at radius 2 is 1.96 bits per heavy atom. The Kier molecular flexibility index (Phi) is 4.16. The molecule has 3 rings (SSSR count). The molecule has 2 heterocycles. The zero-order valence-corrected chi connectivity index (χ0v) is 14.2. The number of aromatic nitrogens is 2. The number of hydrogen-bond acceptors (Lipinski definition) is 4. The molecular weight excluding hydrogens is 333 g/mol. The first-order valence-corrected chi connectivity index (χ1v) is 9.42. The van der Waals surface area contributed by atoms with Gasteiger partial charge in [-0.2, -0.15) is 5.10 Å². The van der Waals surface area contributed by atoms with Crippen molar-refractivity contribution in [3.63, 3.8) is 0 Å². The highest BCUT2D eigenvalue weighted by Crippen LogP contribution is 2.19. The number of amides is 1. The minimum absolute atomic E-state index is 0.0249. The predicted molar refractivity (Wildman–Crippen MR) is 87.5 cm³/mol. The van der Waals surface area contributed by atoms with Crippen LogP contribution in [-0.4, -0.2) is 41.7 Å². The van der Waals surface area contributed by atoms with Crippen LogP contribution in [-0.2, 0) is 9.84 Å². The highest BCUT2D eigenvalue weighted by molar-refractivity contribution is 7.91. The van der Waals surface area contributed by atoms with Gasteiger partial charge in [0.25, 0.3) is 5.91 Å². The standard InChI is InChI=1S/C16H18FN3O3S/c1-10-15(16(21)18-13-7-8-24(22,23)9-13)11(2)20(19-10)14-5-3-12(17)4-6-14/h3-6,13H,7-9H2,1-2H3,(H,18,21)/t13-/m1/s1. The summed E-state index contributed by atoms with van der Waals surface area (Å²) in [5.41, 5.74) is 2.23. The largest absolute Gasteiger partial charge is 0.348 e. The van der Waals surface area contributed by atoms with E-state index in [0.717, 1.165) is 0 Å². The van der Waals surface area contributed by atoms with Crippen molar-refractivity contribution in [2.75, 3.05) is 11.5 Å². The number of carbonyl (C=O) groups is 1. The van der Waals surface area contributed by atoms with E-state index in [1.165, 1.54) is 12.1 Å². The van der Waals surface area contributed by atoms with E-state index in [9.17, 15) is 17.6 Å². The third-order valence-corrected chi connectivity index (χ3v) is 5.93. The predicted octanol–water partition coefficient (Wildman–Crippen LogP) is 1.55. The number of nitrogens with one attached hydrogen (secondary N) is 1. The van der Waals surface area contributed by atoms with Gasteiger partial charge in [0.2, 0.25) is 0 Å². The fourth-order valence-corrected chi connectivity index (χ4v) is 4.64. The van der Waals surface area contributed by atoms with Gasteiger partial charge in [-0.05, 0) is 44.5 Å². The molecule has 8 heteroatoms. The van der Waals surface area contributed by atoms with Gasteiger partial charge < -0.3 is 5.32 Å². The zero-order chi connectivity index (χ0) is 17.5. The van der Waals surface area contributed by atoms with Crippen molar-refractivity contribution in [2.45, 2.75) is 26.3 Å². The van der Waals surface area contributed by atoms with Gasteiger partial charge in [-0.25, -0.2) is 17.5 Å². The molecule has 1 saturated heterocycles. The molecule has 0 unspecified atom stereocenters. The minimum atomic E-state index is -3.06. The third-order valence-electron chi connectivity index (χ3n) is 4.16. The Labute approximate surface area is 139 Å². The molecule has 1 N–H and O–H groups in total. The van der Waals surface area contributed by atoms with Crippen LogP contribution >= 0.6 is 0 Å². The lowest BCUT2D eigenvalue weighted by atomic mass is 10.1. The number of aryl methyl sites for hydroxylation is 1. The van der Waals surface area contributed by atoms with Crippen LogP contribution in [0.25, 0.3) is 5.69 Å². The van der Waals surface area contributed by atoms with Crippen LogP contribution in [0.4, 0.5) is 4.39 Å². The molecule has 128 valence electrons. The summed E-state index contributed by atoms with van der Waals surface area (Å²) in [4.78, 5) is 12.5. The van der Waals surface area contributed by atoms with Gasteiger partial charge in [0.15, 0.2) is 9.84 Å². The lowest BCUT2D eigenvalue weighted by molar-refractivity contribution is 0.0940. The second-order valence-corrected chi connectivity index (χ2v) is 8.24. The summed E-state index contributed by atoms with van der Waals surface area (Å²) in [5.74, 6) is -0.602. The van der Waals surface area contributed by atoms with E-state index in [1.54, 1.807) is 30.7 Å². The summed E-state index contributed by atoms with van der Waals surface area (Å²) in [5, 5.41) is 7.12. The SMILES string of the molecule is Cc1nn(-c2ccc(F)cc2)c(C)c1C(=O)N[C@@H]1CCS(=O)(=O)C1. The molecule has 1 aromatic heterocycles. The quantitative estimate of drug-likeness (QED) is 0.910. The molecule has 0 radical (unpaired) electrons. The highest BCUT2D eigenvalue weighted by Gasteiger charge is 2.30. The molecule has 2 aromatic rings. The maximum Gasteiger partial charge on any atom is 0.255 e. The maximum atomic E-state index is 13.1. The van der Waals surface area contributed by atoms with E-state index >= 15 is 0 Å². The zero-order valence-electron chi connectivity index (χ0n) is 13.4. The second kappa shape index (κ2) is 6.01. The van der Waals surface area contributed by atoms with Crippen molar-refractivity contribution in [1.29, 1.82) is 0 Å². The Bertz CT molecular complexity index is 888. The van der Waals surface area contributed by atoms with Crippen LogP contribution in [0.5, 0.6) is 0 Å². The Morgan fingerprint density at radius 3 is 2.54 bits per heavy atom. The molecule has 1 amide bonds. The number of hydrogen-bond donors (Lipinski definition) is 1. The fraction of sp³-hybridized carbons (Fsp3) is 0.375. The molecule has 1 fully saturated rings. The molecule has 0 saturated carbocycles. The Balaban J connectivity index is 1.86. The summed E-state index contributed by atoms with van der Waals surface area (Å²) in [6.07, 6.45) is 0.429. The van der Waals surface area contributed by atoms with Crippen molar-refractivity contribution in [2.24, 2.45) is 0 Å². The molecule has 1 atom stereocenters. The first-order valence-electron chi connectivity index (χ1n) is 7.60. The Morgan fingerprint density at radius 1 is 1.29 bits per heavy atom. The molecule has 1 aliphatic heterocycles. The number of halogens is 1. The molecule has 0 aliphatic carbocycles. The number of nitrogens with zero attached hydrogens (tertiary/aromatic N) is 2. The fourth-order valence-electron chi connectivity index (χ4n) is 2.97. The van der Waals surface area contributed by atoms with Crippen molar-refractivity contribution in [1.82, 2.24) is 15.1 Å². The lowest BCUT2D eigenvalue weighted by Crippen LogP contribution is -2.36. The first kappa shape index (κ1) is 16.6. The van der Waals surface area contributed by atoms with Crippen molar-refractivity contribution in [3.8, 4) is 5.69 Å². The number of rotatable bonds is 3. The minimum Gasteiger partial charge on any atom is -0.348 e. The summed E-state index contributed by atoms with van der Waals surface area (Å²) in [6.45, 7) is 3.47. The van der Waals surface area contributed by atoms with Crippen LogP contribution in [0.15, 0.2) is 24.3 Å². The van der Waals surface area contributed by atoms with Crippen LogP contribution in [0.1, 0.15) is 28.2 Å². The number of benzene rings is 1. The molecular formula is C16H18FN3O3S. The van der Waals surface area contributed by atoms with E-state index < -0.39 is 9.84 Å². The van der Waals surface area contributed by atoms with Gasteiger partial charge in [-0.3, -0.25) is 4.79 Å².